The number of hydrogen-bond acceptors (Lipinski definition) is 2. The molecule has 0 saturated heterocycles. The summed E-state index contributed by atoms with van der Waals surface area (Å²) >= 11 is 0. The van der Waals surface area contributed by atoms with Gasteiger partial charge in [-0.2, -0.15) is 0 Å². The zero-order chi connectivity index (χ0) is 13.0. The highest BCUT2D eigenvalue weighted by Gasteiger charge is 2.19. The highest BCUT2D eigenvalue weighted by atomic mass is 16.4. The van der Waals surface area contributed by atoms with Gasteiger partial charge in [-0.1, -0.05) is 18.2 Å². The van der Waals surface area contributed by atoms with E-state index in [-0.39, 0.29) is 5.91 Å². The van der Waals surface area contributed by atoms with Crippen LogP contribution in [0.5, 0.6) is 0 Å². The van der Waals surface area contributed by atoms with Gasteiger partial charge in [0, 0.05) is 13.3 Å². The normalized spacial score (nSPS) is 11.9. The highest BCUT2D eigenvalue weighted by Crippen LogP contribution is 2.14. The van der Waals surface area contributed by atoms with E-state index in [0.717, 1.165) is 16.7 Å². The SMILES string of the molecule is CC(=O)NC(Cc1cccc(C)c1C)C(=O)O. The minimum atomic E-state index is -1.01. The third-order valence-electron chi connectivity index (χ3n) is 2.82. The molecule has 0 saturated carbocycles. The molecule has 0 aliphatic heterocycles. The summed E-state index contributed by atoms with van der Waals surface area (Å²) in [5.74, 6) is -1.34. The third kappa shape index (κ3) is 3.59. The number of aliphatic carboxylic acids is 1. The second-order valence-electron chi connectivity index (χ2n) is 4.15. The van der Waals surface area contributed by atoms with Crippen molar-refractivity contribution in [3.63, 3.8) is 0 Å². The van der Waals surface area contributed by atoms with Crippen molar-refractivity contribution in [2.24, 2.45) is 0 Å². The summed E-state index contributed by atoms with van der Waals surface area (Å²) in [5.41, 5.74) is 3.14. The van der Waals surface area contributed by atoms with E-state index in [2.05, 4.69) is 5.32 Å². The Morgan fingerprint density at radius 3 is 2.53 bits per heavy atom. The van der Waals surface area contributed by atoms with Crippen LogP contribution in [0.15, 0.2) is 18.2 Å². The molecule has 4 nitrogen and oxygen atoms in total. The van der Waals surface area contributed by atoms with Gasteiger partial charge in [-0.05, 0) is 30.5 Å². The average Bonchev–Trinajstić information content (AvgIpc) is 2.22. The number of carboxylic acid groups (broad SMARTS) is 1. The highest BCUT2D eigenvalue weighted by molar-refractivity contribution is 5.82. The number of rotatable bonds is 4. The molecule has 0 spiro atoms. The fourth-order valence-electron chi connectivity index (χ4n) is 1.70. The lowest BCUT2D eigenvalue weighted by atomic mass is 9.97. The van der Waals surface area contributed by atoms with Crippen LogP contribution in [0.1, 0.15) is 23.6 Å². The molecule has 0 fully saturated rings. The second-order valence-corrected chi connectivity index (χ2v) is 4.15. The summed E-state index contributed by atoms with van der Waals surface area (Å²) in [6, 6.07) is 4.89. The van der Waals surface area contributed by atoms with Gasteiger partial charge in [-0.3, -0.25) is 4.79 Å². The molecule has 0 aromatic heterocycles. The summed E-state index contributed by atoms with van der Waals surface area (Å²) < 4.78 is 0. The van der Waals surface area contributed by atoms with Gasteiger partial charge in [-0.15, -0.1) is 0 Å². The van der Waals surface area contributed by atoms with Crippen molar-refractivity contribution >= 4 is 11.9 Å². The monoisotopic (exact) mass is 235 g/mol. The van der Waals surface area contributed by atoms with Gasteiger partial charge in [0.2, 0.25) is 5.91 Å². The minimum Gasteiger partial charge on any atom is -0.480 e. The van der Waals surface area contributed by atoms with Crippen LogP contribution in [-0.4, -0.2) is 23.0 Å². The van der Waals surface area contributed by atoms with Gasteiger partial charge < -0.3 is 10.4 Å². The van der Waals surface area contributed by atoms with E-state index in [4.69, 9.17) is 5.11 Å². The number of benzene rings is 1. The van der Waals surface area contributed by atoms with Gasteiger partial charge in [0.15, 0.2) is 0 Å². The predicted molar refractivity (Wildman–Crippen MR) is 64.9 cm³/mol. The molecule has 1 aromatic rings. The quantitative estimate of drug-likeness (QED) is 0.829. The van der Waals surface area contributed by atoms with Crippen molar-refractivity contribution in [1.82, 2.24) is 5.32 Å². The molecule has 0 aliphatic rings. The molecule has 1 atom stereocenters. The van der Waals surface area contributed by atoms with Crippen molar-refractivity contribution in [3.05, 3.63) is 34.9 Å². The molecule has 1 aromatic carbocycles. The molecular weight excluding hydrogens is 218 g/mol. The molecule has 4 heteroatoms. The first-order valence-corrected chi connectivity index (χ1v) is 5.47. The second kappa shape index (κ2) is 5.48. The maximum atomic E-state index is 11.0. The molecule has 0 aliphatic carbocycles. The van der Waals surface area contributed by atoms with Gasteiger partial charge in [0.1, 0.15) is 6.04 Å². The number of hydrogen-bond donors (Lipinski definition) is 2. The minimum absolute atomic E-state index is 0.308. The molecule has 1 rings (SSSR count). The van der Waals surface area contributed by atoms with Gasteiger partial charge in [0.25, 0.3) is 0 Å². The van der Waals surface area contributed by atoms with Crippen molar-refractivity contribution in [1.29, 1.82) is 0 Å². The number of carboxylic acids is 1. The van der Waals surface area contributed by atoms with E-state index < -0.39 is 12.0 Å². The summed E-state index contributed by atoms with van der Waals surface area (Å²) in [6.45, 7) is 5.25. The molecule has 17 heavy (non-hydrogen) atoms. The molecule has 0 heterocycles. The summed E-state index contributed by atoms with van der Waals surface area (Å²) in [7, 11) is 0. The topological polar surface area (TPSA) is 66.4 Å². The molecular formula is C13H17NO3. The van der Waals surface area contributed by atoms with E-state index in [0.29, 0.717) is 6.42 Å². The van der Waals surface area contributed by atoms with Crippen LogP contribution in [0.25, 0.3) is 0 Å². The molecule has 0 bridgehead atoms. The van der Waals surface area contributed by atoms with Crippen LogP contribution in [-0.2, 0) is 16.0 Å². The Morgan fingerprint density at radius 2 is 2.00 bits per heavy atom. The fraction of sp³-hybridized carbons (Fsp3) is 0.385. The zero-order valence-corrected chi connectivity index (χ0v) is 10.3. The largest absolute Gasteiger partial charge is 0.480 e. The lowest BCUT2D eigenvalue weighted by molar-refractivity contribution is -0.141. The standard InChI is InChI=1S/C13H17NO3/c1-8-5-4-6-11(9(8)2)7-12(13(16)17)14-10(3)15/h4-6,12H,7H2,1-3H3,(H,14,15)(H,16,17). The van der Waals surface area contributed by atoms with Crippen LogP contribution >= 0.6 is 0 Å². The molecule has 2 N–H and O–H groups in total. The van der Waals surface area contributed by atoms with Crippen LogP contribution in [0.2, 0.25) is 0 Å². The number of carbonyl (C=O) groups is 2. The first-order chi connectivity index (χ1) is 7.91. The first kappa shape index (κ1) is 13.2. The zero-order valence-electron chi connectivity index (χ0n) is 10.3. The van der Waals surface area contributed by atoms with E-state index in [1.54, 1.807) is 0 Å². The van der Waals surface area contributed by atoms with Gasteiger partial charge in [0.05, 0.1) is 0 Å². The predicted octanol–water partition coefficient (Wildman–Crippen LogP) is 1.44. The van der Waals surface area contributed by atoms with Gasteiger partial charge >= 0.3 is 5.97 Å². The first-order valence-electron chi connectivity index (χ1n) is 5.47. The Hall–Kier alpha value is -1.84. The van der Waals surface area contributed by atoms with Crippen molar-refractivity contribution in [2.45, 2.75) is 33.2 Å². The van der Waals surface area contributed by atoms with E-state index in [1.165, 1.54) is 6.92 Å². The van der Waals surface area contributed by atoms with Gasteiger partial charge in [-0.25, -0.2) is 4.79 Å². The smallest absolute Gasteiger partial charge is 0.326 e. The molecule has 0 radical (unpaired) electrons. The van der Waals surface area contributed by atoms with E-state index in [1.807, 2.05) is 32.0 Å². The third-order valence-corrected chi connectivity index (χ3v) is 2.82. The fourth-order valence-corrected chi connectivity index (χ4v) is 1.70. The Labute approximate surface area is 101 Å². The van der Waals surface area contributed by atoms with E-state index >= 15 is 0 Å². The lowest BCUT2D eigenvalue weighted by Crippen LogP contribution is -2.41. The number of aryl methyl sites for hydroxylation is 1. The summed E-state index contributed by atoms with van der Waals surface area (Å²) in [6.07, 6.45) is 0.308. The van der Waals surface area contributed by atoms with Crippen LogP contribution in [0.4, 0.5) is 0 Å². The van der Waals surface area contributed by atoms with E-state index in [9.17, 15) is 9.59 Å². The summed E-state index contributed by atoms with van der Waals surface area (Å²) in [5, 5.41) is 11.5. The van der Waals surface area contributed by atoms with Crippen LogP contribution < -0.4 is 5.32 Å². The van der Waals surface area contributed by atoms with Crippen LogP contribution in [0.3, 0.4) is 0 Å². The Morgan fingerprint density at radius 1 is 1.35 bits per heavy atom. The maximum Gasteiger partial charge on any atom is 0.326 e. The lowest BCUT2D eigenvalue weighted by Gasteiger charge is -2.15. The maximum absolute atomic E-state index is 11.0. The van der Waals surface area contributed by atoms with Crippen molar-refractivity contribution < 1.29 is 14.7 Å². The number of amides is 1. The Balaban J connectivity index is 2.90. The Bertz CT molecular complexity index is 440. The number of carbonyl (C=O) groups excluding carboxylic acids is 1. The number of nitrogens with one attached hydrogen (secondary N) is 1. The average molecular weight is 235 g/mol. The van der Waals surface area contributed by atoms with Crippen molar-refractivity contribution in [2.75, 3.05) is 0 Å². The summed E-state index contributed by atoms with van der Waals surface area (Å²) in [4.78, 5) is 21.9. The molecule has 1 unspecified atom stereocenters. The molecule has 1 amide bonds. The molecule has 92 valence electrons. The Kier molecular flexibility index (Phi) is 4.26. The van der Waals surface area contributed by atoms with Crippen molar-refractivity contribution in [3.8, 4) is 0 Å². The van der Waals surface area contributed by atoms with Crippen LogP contribution in [0, 0.1) is 13.8 Å².